The first-order valence-corrected chi connectivity index (χ1v) is 105. The molecule has 18 fully saturated rings. The fourth-order valence-electron chi connectivity index (χ4n) is 12.8. The molecule has 0 N–H and O–H groups in total. The summed E-state index contributed by atoms with van der Waals surface area (Å²) in [5.74, 6) is 0. The molecule has 18 aliphatic rings. The first kappa shape index (κ1) is 88.2. The Hall–Kier alpha value is 12.1. The van der Waals surface area contributed by atoms with Crippen LogP contribution < -0.4 is 0 Å². The standard InChI is InChI=1S/C48H96As24N8O24/c1-25-73-26-2-52-85-55-7-31-74-28-4-50-81-49(1)82-51-5-29-75-32-8-56-86-53(3-27-73)88-58-12-36-77-35-11-57(87-52)91-61(89-55)15-39-78-42-18-65-95-59(9-33-74)93-63-13-37-76(30-6-54(83-50)84-51)38-14-64-94-60(10-34-75)96-66-19-43-79(40-16-62(90-56)92-58)45-21-71-102-67(17-41-77)101-70(20-44-78)103-72(104-71)24-48-80(46-22-68(97-63)99-65)47-23-69(98-64)100-66/h1-48H2. The third-order valence-electron chi connectivity index (χ3n) is 18.7. The van der Waals surface area contributed by atoms with Gasteiger partial charge in [-0.15, -0.1) is 0 Å². The molecule has 56 heteroatoms. The summed E-state index contributed by atoms with van der Waals surface area (Å²) in [4.78, 5) is 21.6. The molecule has 0 unspecified atom stereocenters. The van der Waals surface area contributed by atoms with Gasteiger partial charge in [0.15, 0.2) is 0 Å². The zero-order valence-electron chi connectivity index (χ0n) is 58.0. The van der Waals surface area contributed by atoms with Crippen molar-refractivity contribution in [2.24, 2.45) is 0 Å². The summed E-state index contributed by atoms with van der Waals surface area (Å²) in [6.07, 6.45) is 0. The van der Waals surface area contributed by atoms with Gasteiger partial charge in [0.25, 0.3) is 0 Å². The molecule has 0 radical (unpaired) electrons. The third kappa shape index (κ3) is 28.1. The molecule has 104 heavy (non-hydrogen) atoms. The van der Waals surface area contributed by atoms with Crippen molar-refractivity contribution in [3.63, 3.8) is 0 Å². The molecule has 0 aliphatic carbocycles. The van der Waals surface area contributed by atoms with Gasteiger partial charge in [0.05, 0.1) is 0 Å². The monoisotopic (exact) mass is 2970 g/mol. The summed E-state index contributed by atoms with van der Waals surface area (Å²) in [5.41, 5.74) is 0. The summed E-state index contributed by atoms with van der Waals surface area (Å²) in [6, 6.07) is 0. The Labute approximate surface area is 741 Å². The molecule has 18 rings (SSSR count). The van der Waals surface area contributed by atoms with Crippen LogP contribution >= 0.6 is 0 Å². The molecule has 0 aromatic carbocycles. The van der Waals surface area contributed by atoms with E-state index in [0.717, 1.165) is 282 Å². The Morgan fingerprint density at radius 1 is 0.0865 bits per heavy atom. The zero-order valence-corrected chi connectivity index (χ0v) is 103. The quantitative estimate of drug-likeness (QED) is 0.257. The molecule has 0 aromatic heterocycles. The second kappa shape index (κ2) is 46.2. The normalized spacial score (nSPS) is 49.8. The topological polar surface area (TPSA) is 247 Å². The minimum atomic E-state index is -2.48. The van der Waals surface area contributed by atoms with E-state index in [2.05, 4.69) is 39.2 Å². The summed E-state index contributed by atoms with van der Waals surface area (Å²) < 4.78 is 187. The Morgan fingerprint density at radius 2 is 0.135 bits per heavy atom. The van der Waals surface area contributed by atoms with Crippen molar-refractivity contribution in [1.82, 2.24) is 39.2 Å². The maximum absolute atomic E-state index is 7.79. The Balaban J connectivity index is 0.851. The van der Waals surface area contributed by atoms with Crippen LogP contribution in [-0.2, 0) is 65.2 Å². The van der Waals surface area contributed by atoms with E-state index < -0.39 is 368 Å². The Kier molecular flexibility index (Phi) is 39.2. The Morgan fingerprint density at radius 3 is 0.183 bits per heavy atom. The van der Waals surface area contributed by atoms with Gasteiger partial charge in [-0.1, -0.05) is 0 Å². The number of nitrogens with zero attached hydrogens (tertiary/aromatic N) is 8. The van der Waals surface area contributed by atoms with Gasteiger partial charge in [0.1, 0.15) is 0 Å². The number of hydrogen-bond acceptors (Lipinski definition) is 32. The molecule has 0 atom stereocenters. The summed E-state index contributed by atoms with van der Waals surface area (Å²) in [6.45, 7) is 20.4. The van der Waals surface area contributed by atoms with Crippen molar-refractivity contribution in [2.75, 3.05) is 157 Å². The van der Waals surface area contributed by atoms with E-state index in [0.29, 0.717) is 0 Å². The number of fused-ring (bicyclic) bond motifs is 24. The summed E-state index contributed by atoms with van der Waals surface area (Å²) in [7, 11) is 0. The van der Waals surface area contributed by atoms with Crippen molar-refractivity contribution in [1.29, 1.82) is 0 Å². The van der Waals surface area contributed by atoms with Gasteiger partial charge >= 0.3 is 754 Å². The molecular formula is C48H96As24N8O24. The molecule has 592 valence electrons. The Bertz CT molecular complexity index is 1850. The van der Waals surface area contributed by atoms with E-state index in [1.165, 1.54) is 0 Å². The van der Waals surface area contributed by atoms with Gasteiger partial charge in [0, 0.05) is 0 Å². The van der Waals surface area contributed by atoms with E-state index in [9.17, 15) is 0 Å². The van der Waals surface area contributed by atoms with Crippen molar-refractivity contribution < 1.29 is 65.2 Å². The van der Waals surface area contributed by atoms with E-state index in [-0.39, 0.29) is 0 Å². The summed E-state index contributed by atoms with van der Waals surface area (Å²) >= 11 is -59.5. The predicted octanol–water partition coefficient (Wildman–Crippen LogP) is -1.25. The molecule has 32 nitrogen and oxygen atoms in total. The molecule has 18 heterocycles. The van der Waals surface area contributed by atoms with Crippen LogP contribution in [0.4, 0.5) is 0 Å². The van der Waals surface area contributed by atoms with Gasteiger partial charge in [-0.2, -0.15) is 0 Å². The second-order valence-corrected chi connectivity index (χ2v) is 133. The number of rotatable bonds is 0. The van der Waals surface area contributed by atoms with Crippen LogP contribution in [0.5, 0.6) is 0 Å². The first-order valence-electron chi connectivity index (χ1n) is 35.9. The SMILES string of the molecule is C1C[As]2O[As]3CCN4CC[As]5O[As]6CCN1CC[As]1O[As]7CCN8CC[As](O2)O[As](CCN2CC[As]9O[As](CC4)O[As]4CCN%10CC[As](O5)O[As](CCN5CC[As](O1)O[As](CCN1CC[As]%11O[As](CC8)O[As](CC2)O[As](CCN(CC[As](O9)O4)CC[As]2O[As](CC%10)O[As](CC5)O[As](CC1)O2)O%11)O7)O6)O3. The zero-order chi connectivity index (χ0) is 69.4. The van der Waals surface area contributed by atoms with Crippen LogP contribution in [-0.4, -0.2) is 564 Å². The van der Waals surface area contributed by atoms with E-state index >= 15 is 0 Å². The maximum atomic E-state index is 7.79. The molecule has 0 spiro atoms. The fraction of sp³-hybridized carbons (Fsp3) is 1.00. The van der Waals surface area contributed by atoms with Gasteiger partial charge in [-0.3, -0.25) is 0 Å². The van der Waals surface area contributed by atoms with Gasteiger partial charge < -0.3 is 0 Å². The molecular weight excluding hydrogens is 2870 g/mol. The van der Waals surface area contributed by atoms with Crippen LogP contribution in [0.1, 0.15) is 0 Å². The van der Waals surface area contributed by atoms with Crippen LogP contribution in [0, 0.1) is 0 Å². The van der Waals surface area contributed by atoms with E-state index in [1.54, 1.807) is 0 Å². The number of hydrogen-bond donors (Lipinski definition) is 0. The molecule has 0 amide bonds. The predicted molar refractivity (Wildman–Crippen MR) is 411 cm³/mol. The van der Waals surface area contributed by atoms with Gasteiger partial charge in [0.2, 0.25) is 0 Å². The van der Waals surface area contributed by atoms with Crippen LogP contribution in [0.2, 0.25) is 125 Å². The summed E-state index contributed by atoms with van der Waals surface area (Å²) in [5, 5.41) is 20.5. The van der Waals surface area contributed by atoms with Gasteiger partial charge in [-0.25, -0.2) is 0 Å². The molecule has 0 aromatic rings. The van der Waals surface area contributed by atoms with Crippen molar-refractivity contribution >= 4 is 368 Å². The first-order chi connectivity index (χ1) is 51.2. The molecule has 18 saturated heterocycles. The van der Waals surface area contributed by atoms with Crippen LogP contribution in [0.25, 0.3) is 0 Å². The molecule has 18 aliphatic heterocycles. The fourth-order valence-corrected chi connectivity index (χ4v) is 199. The second-order valence-electron chi connectivity index (χ2n) is 26.0. The molecule has 32 bridgehead atoms. The average molecular weight is 2970 g/mol. The van der Waals surface area contributed by atoms with E-state index in [4.69, 9.17) is 65.2 Å². The van der Waals surface area contributed by atoms with E-state index in [1.807, 2.05) is 0 Å². The van der Waals surface area contributed by atoms with Crippen molar-refractivity contribution in [3.8, 4) is 0 Å². The van der Waals surface area contributed by atoms with Crippen LogP contribution in [0.15, 0.2) is 0 Å². The third-order valence-corrected chi connectivity index (χ3v) is 161. The van der Waals surface area contributed by atoms with Crippen molar-refractivity contribution in [3.05, 3.63) is 0 Å². The van der Waals surface area contributed by atoms with Gasteiger partial charge in [-0.05, 0) is 0 Å². The van der Waals surface area contributed by atoms with Crippen LogP contribution in [0.3, 0.4) is 0 Å². The minimum absolute atomic E-state index is 0.849. The average Bonchev–Trinajstić information content (AvgIpc) is 0.842. The molecule has 0 saturated carbocycles. The van der Waals surface area contributed by atoms with Crippen molar-refractivity contribution in [2.45, 2.75) is 125 Å².